The third-order valence-corrected chi connectivity index (χ3v) is 11.4. The first-order chi connectivity index (χ1) is 30.0. The minimum absolute atomic E-state index is 0.0819. The van der Waals surface area contributed by atoms with Crippen molar-refractivity contribution in [3.05, 3.63) is 48.6 Å². The summed E-state index contributed by atoms with van der Waals surface area (Å²) in [4.78, 5) is 38.0. The van der Waals surface area contributed by atoms with E-state index < -0.39 is 6.10 Å². The molecule has 61 heavy (non-hydrogen) atoms. The smallest absolute Gasteiger partial charge is 0.306 e. The van der Waals surface area contributed by atoms with Crippen molar-refractivity contribution in [3.8, 4) is 0 Å². The summed E-state index contributed by atoms with van der Waals surface area (Å²) in [6, 6.07) is 0. The van der Waals surface area contributed by atoms with E-state index in [1.165, 1.54) is 154 Å². The first-order valence-electron chi connectivity index (χ1n) is 26.2. The first kappa shape index (κ1) is 58.4. The van der Waals surface area contributed by atoms with E-state index in [4.69, 9.17) is 14.2 Å². The molecule has 0 bridgehead atoms. The number of allylic oxidation sites excluding steroid dienone is 8. The normalized spacial score (nSPS) is 12.4. The molecule has 1 atom stereocenters. The molecule has 0 aliphatic carbocycles. The van der Waals surface area contributed by atoms with Gasteiger partial charge in [-0.2, -0.15) is 0 Å². The van der Waals surface area contributed by atoms with Crippen molar-refractivity contribution in [2.45, 2.75) is 271 Å². The number of hydrogen-bond acceptors (Lipinski definition) is 6. The molecule has 0 saturated heterocycles. The van der Waals surface area contributed by atoms with Crippen molar-refractivity contribution in [2.75, 3.05) is 13.2 Å². The Kier molecular flexibility index (Phi) is 47.9. The van der Waals surface area contributed by atoms with Crippen LogP contribution in [0.15, 0.2) is 48.6 Å². The molecule has 0 aromatic rings. The van der Waals surface area contributed by atoms with Gasteiger partial charge in [0.05, 0.1) is 0 Å². The van der Waals surface area contributed by atoms with Gasteiger partial charge < -0.3 is 14.2 Å². The Hall–Kier alpha value is -2.63. The highest BCUT2D eigenvalue weighted by Crippen LogP contribution is 2.16. The van der Waals surface area contributed by atoms with E-state index in [2.05, 4.69) is 39.0 Å². The molecule has 0 heterocycles. The second kappa shape index (κ2) is 50.0. The van der Waals surface area contributed by atoms with Crippen molar-refractivity contribution in [1.29, 1.82) is 0 Å². The molecule has 0 saturated carbocycles. The van der Waals surface area contributed by atoms with Gasteiger partial charge in [-0.15, -0.1) is 0 Å². The zero-order valence-electron chi connectivity index (χ0n) is 40.4. The van der Waals surface area contributed by atoms with E-state index in [0.717, 1.165) is 70.6 Å². The maximum atomic E-state index is 12.8. The Balaban J connectivity index is 4.39. The number of unbranched alkanes of at least 4 members (excludes halogenated alkanes) is 31. The van der Waals surface area contributed by atoms with Crippen LogP contribution in [-0.2, 0) is 28.6 Å². The van der Waals surface area contributed by atoms with Crippen molar-refractivity contribution in [1.82, 2.24) is 0 Å². The second-order valence-corrected chi connectivity index (χ2v) is 17.5. The highest BCUT2D eigenvalue weighted by molar-refractivity contribution is 5.71. The van der Waals surface area contributed by atoms with Gasteiger partial charge in [-0.3, -0.25) is 14.4 Å². The van der Waals surface area contributed by atoms with E-state index in [1.54, 1.807) is 0 Å². The number of hydrogen-bond donors (Lipinski definition) is 0. The summed E-state index contributed by atoms with van der Waals surface area (Å²) in [5, 5.41) is 0. The molecule has 0 aromatic carbocycles. The van der Waals surface area contributed by atoms with Crippen LogP contribution in [0.5, 0.6) is 0 Å². The average Bonchev–Trinajstić information content (AvgIpc) is 3.26. The molecule has 0 aromatic heterocycles. The first-order valence-corrected chi connectivity index (χ1v) is 26.2. The minimum Gasteiger partial charge on any atom is -0.462 e. The number of carbonyl (C=O) groups is 3. The lowest BCUT2D eigenvalue weighted by Gasteiger charge is -2.18. The largest absolute Gasteiger partial charge is 0.462 e. The molecule has 0 N–H and O–H groups in total. The number of carbonyl (C=O) groups excluding carboxylic acids is 3. The summed E-state index contributed by atoms with van der Waals surface area (Å²) in [6.45, 7) is 6.49. The molecule has 0 aliphatic rings. The van der Waals surface area contributed by atoms with Gasteiger partial charge in [0.2, 0.25) is 0 Å². The van der Waals surface area contributed by atoms with Gasteiger partial charge >= 0.3 is 17.9 Å². The maximum Gasteiger partial charge on any atom is 0.306 e. The van der Waals surface area contributed by atoms with Crippen molar-refractivity contribution in [2.24, 2.45) is 0 Å². The van der Waals surface area contributed by atoms with Gasteiger partial charge in [-0.05, 0) is 38.5 Å². The van der Waals surface area contributed by atoms with Crippen LogP contribution < -0.4 is 0 Å². The van der Waals surface area contributed by atoms with Crippen LogP contribution in [0.2, 0.25) is 0 Å². The summed E-state index contributed by atoms with van der Waals surface area (Å²) in [7, 11) is 0. The van der Waals surface area contributed by atoms with Gasteiger partial charge in [0.1, 0.15) is 13.2 Å². The van der Waals surface area contributed by atoms with Crippen molar-refractivity contribution >= 4 is 17.9 Å². The summed E-state index contributed by atoms with van der Waals surface area (Å²) in [6.07, 6.45) is 59.5. The van der Waals surface area contributed by atoms with Crippen LogP contribution in [0.3, 0.4) is 0 Å². The lowest BCUT2D eigenvalue weighted by atomic mass is 10.0. The maximum absolute atomic E-state index is 12.8. The molecular weight excluding hydrogens is 757 g/mol. The summed E-state index contributed by atoms with van der Waals surface area (Å²) in [5.74, 6) is -0.911. The zero-order valence-corrected chi connectivity index (χ0v) is 40.4. The van der Waals surface area contributed by atoms with E-state index in [9.17, 15) is 14.4 Å². The lowest BCUT2D eigenvalue weighted by Crippen LogP contribution is -2.30. The van der Waals surface area contributed by atoms with Crippen LogP contribution in [0.4, 0.5) is 0 Å². The lowest BCUT2D eigenvalue weighted by molar-refractivity contribution is -0.167. The average molecular weight is 855 g/mol. The predicted molar refractivity (Wildman–Crippen MR) is 261 cm³/mol. The highest BCUT2D eigenvalue weighted by Gasteiger charge is 2.19. The third kappa shape index (κ3) is 48.3. The molecule has 0 aliphatic heterocycles. The van der Waals surface area contributed by atoms with Gasteiger partial charge in [0, 0.05) is 19.3 Å². The van der Waals surface area contributed by atoms with E-state index in [-0.39, 0.29) is 31.1 Å². The van der Waals surface area contributed by atoms with Crippen molar-refractivity contribution < 1.29 is 28.6 Å². The van der Waals surface area contributed by atoms with Crippen LogP contribution in [0.1, 0.15) is 265 Å². The van der Waals surface area contributed by atoms with Crippen molar-refractivity contribution in [3.63, 3.8) is 0 Å². The van der Waals surface area contributed by atoms with Gasteiger partial charge in [0.25, 0.3) is 0 Å². The fourth-order valence-electron chi connectivity index (χ4n) is 7.51. The van der Waals surface area contributed by atoms with Gasteiger partial charge in [-0.25, -0.2) is 0 Å². The minimum atomic E-state index is -0.784. The fourth-order valence-corrected chi connectivity index (χ4v) is 7.51. The standard InChI is InChI=1S/C55H98O6/c1-4-7-10-13-16-19-22-25-27-30-33-36-39-42-45-48-54(57)60-51-52(50-59-53(56)47-44-41-38-35-32-29-24-21-18-15-12-9-6-3)61-55(58)49-46-43-40-37-34-31-28-26-23-20-17-14-11-8-5-2/h9,12,15,18,21,24,29,32,52H,4-8,10-11,13-14,16-17,19-20,22-23,25-28,30-31,33-51H2,1-3H3/b12-9-,18-15-,24-21-,32-29-. The third-order valence-electron chi connectivity index (χ3n) is 11.4. The molecule has 0 amide bonds. The Morgan fingerprint density at radius 3 is 1.00 bits per heavy atom. The fraction of sp³-hybridized carbons (Fsp3) is 0.800. The van der Waals surface area contributed by atoms with Crippen LogP contribution in [0, 0.1) is 0 Å². The Morgan fingerprint density at radius 1 is 0.344 bits per heavy atom. The Bertz CT molecular complexity index is 1070. The Labute approximate surface area is 378 Å². The van der Waals surface area contributed by atoms with Crippen LogP contribution >= 0.6 is 0 Å². The quantitative estimate of drug-likeness (QED) is 0.0263. The number of rotatable bonds is 47. The summed E-state index contributed by atoms with van der Waals surface area (Å²) in [5.41, 5.74) is 0. The highest BCUT2D eigenvalue weighted by atomic mass is 16.6. The SMILES string of the molecule is CC\C=C/C=C\C=C/C=C\CCCCCC(=O)OCC(COC(=O)CCCCCCCCCCCCCCCCC)OC(=O)CCCCCCCCCCCCCCCCC. The molecule has 0 spiro atoms. The molecule has 354 valence electrons. The monoisotopic (exact) mass is 855 g/mol. The topological polar surface area (TPSA) is 78.9 Å². The molecule has 1 unspecified atom stereocenters. The predicted octanol–water partition coefficient (Wildman–Crippen LogP) is 17.1. The van der Waals surface area contributed by atoms with Crippen LogP contribution in [0.25, 0.3) is 0 Å². The summed E-state index contributed by atoms with van der Waals surface area (Å²) < 4.78 is 16.8. The Morgan fingerprint density at radius 2 is 0.639 bits per heavy atom. The van der Waals surface area contributed by atoms with Gasteiger partial charge in [-0.1, -0.05) is 256 Å². The molecule has 6 heteroatoms. The number of ether oxygens (including phenoxy) is 3. The van der Waals surface area contributed by atoms with E-state index >= 15 is 0 Å². The number of esters is 3. The van der Waals surface area contributed by atoms with Gasteiger partial charge in [0.15, 0.2) is 6.10 Å². The summed E-state index contributed by atoms with van der Waals surface area (Å²) >= 11 is 0. The van der Waals surface area contributed by atoms with E-state index in [0.29, 0.717) is 19.3 Å². The zero-order chi connectivity index (χ0) is 44.4. The molecular formula is C55H98O6. The molecule has 6 nitrogen and oxygen atoms in total. The molecule has 0 fully saturated rings. The molecule has 0 radical (unpaired) electrons. The molecule has 0 rings (SSSR count). The second-order valence-electron chi connectivity index (χ2n) is 17.5. The van der Waals surface area contributed by atoms with Crippen LogP contribution in [-0.4, -0.2) is 37.2 Å². The van der Waals surface area contributed by atoms with E-state index in [1.807, 2.05) is 30.4 Å².